The Balaban J connectivity index is 2.27. The lowest BCUT2D eigenvalue weighted by Crippen LogP contribution is -2.25. The van der Waals surface area contributed by atoms with Crippen LogP contribution in [0, 0.1) is 13.8 Å². The molecule has 0 saturated heterocycles. The number of nitrogens with zero attached hydrogens (tertiary/aromatic N) is 2. The van der Waals surface area contributed by atoms with Crippen molar-refractivity contribution >= 4 is 15.7 Å². The Morgan fingerprint density at radius 1 is 1.29 bits per heavy atom. The summed E-state index contributed by atoms with van der Waals surface area (Å²) in [7, 11) is -1.81. The van der Waals surface area contributed by atoms with Gasteiger partial charge in [-0.1, -0.05) is 0 Å². The molecule has 0 unspecified atom stereocenters. The molecule has 0 aliphatic rings. The van der Waals surface area contributed by atoms with Crippen LogP contribution in [0.1, 0.15) is 16.7 Å². The van der Waals surface area contributed by atoms with Gasteiger partial charge in [0, 0.05) is 31.0 Å². The molecule has 0 amide bonds. The predicted octanol–water partition coefficient (Wildman–Crippen LogP) is 0.801. The third-order valence-electron chi connectivity index (χ3n) is 3.12. The fourth-order valence-corrected chi connectivity index (χ4v) is 3.74. The molecular formula is C13H19N5O2S. The van der Waals surface area contributed by atoms with Crippen LogP contribution in [0.5, 0.6) is 0 Å². The van der Waals surface area contributed by atoms with Crippen molar-refractivity contribution in [1.29, 1.82) is 0 Å². The maximum Gasteiger partial charge on any atom is 0.241 e. The van der Waals surface area contributed by atoms with Crippen molar-refractivity contribution < 1.29 is 8.42 Å². The van der Waals surface area contributed by atoms with Gasteiger partial charge in [0.05, 0.1) is 11.1 Å². The molecule has 1 aromatic carbocycles. The largest absolute Gasteiger partial charge is 0.324 e. The number of nitrogens with one attached hydrogen (secondary N) is 2. The summed E-state index contributed by atoms with van der Waals surface area (Å²) < 4.78 is 29.1. The Morgan fingerprint density at radius 2 is 1.90 bits per heavy atom. The van der Waals surface area contributed by atoms with E-state index in [4.69, 9.17) is 5.84 Å². The first-order valence-corrected chi connectivity index (χ1v) is 7.87. The van der Waals surface area contributed by atoms with Crippen LogP contribution >= 0.6 is 0 Å². The highest BCUT2D eigenvalue weighted by Gasteiger charge is 2.20. The molecule has 0 aliphatic heterocycles. The van der Waals surface area contributed by atoms with Gasteiger partial charge in [-0.25, -0.2) is 13.1 Å². The van der Waals surface area contributed by atoms with E-state index in [-0.39, 0.29) is 11.4 Å². The topological polar surface area (TPSA) is 102 Å². The van der Waals surface area contributed by atoms with E-state index in [9.17, 15) is 8.42 Å². The number of benzene rings is 1. The second kappa shape index (κ2) is 5.84. The molecule has 2 aromatic rings. The Morgan fingerprint density at radius 3 is 2.38 bits per heavy atom. The molecule has 0 atom stereocenters. The van der Waals surface area contributed by atoms with Crippen LogP contribution in [0.25, 0.3) is 0 Å². The van der Waals surface area contributed by atoms with Crippen molar-refractivity contribution in [3.05, 3.63) is 41.2 Å². The second-order valence-electron chi connectivity index (χ2n) is 4.93. The van der Waals surface area contributed by atoms with Gasteiger partial charge in [0.25, 0.3) is 0 Å². The minimum Gasteiger partial charge on any atom is -0.324 e. The number of aromatic nitrogens is 2. The molecule has 2 rings (SSSR count). The first-order chi connectivity index (χ1) is 9.83. The molecule has 4 N–H and O–H groups in total. The van der Waals surface area contributed by atoms with E-state index in [0.717, 1.165) is 5.56 Å². The van der Waals surface area contributed by atoms with Crippen molar-refractivity contribution in [1.82, 2.24) is 14.5 Å². The van der Waals surface area contributed by atoms with Gasteiger partial charge in [-0.05, 0) is 37.1 Å². The van der Waals surface area contributed by atoms with Gasteiger partial charge in [0.15, 0.2) is 0 Å². The van der Waals surface area contributed by atoms with E-state index in [2.05, 4.69) is 15.2 Å². The quantitative estimate of drug-likeness (QED) is 0.560. The lowest BCUT2D eigenvalue weighted by Gasteiger charge is -2.13. The molecule has 114 valence electrons. The van der Waals surface area contributed by atoms with Gasteiger partial charge in [0.2, 0.25) is 10.0 Å². The van der Waals surface area contributed by atoms with Crippen LogP contribution in [0.15, 0.2) is 29.4 Å². The summed E-state index contributed by atoms with van der Waals surface area (Å²) in [5.74, 6) is 5.36. The molecule has 0 fully saturated rings. The third-order valence-corrected chi connectivity index (χ3v) is 4.83. The molecular weight excluding hydrogens is 290 g/mol. The Kier molecular flexibility index (Phi) is 4.31. The Labute approximate surface area is 124 Å². The van der Waals surface area contributed by atoms with Crippen LogP contribution in [0.4, 0.5) is 5.69 Å². The standard InChI is InChI=1S/C13H19N5O2S/c1-9-4-12(17-14)5-10(2)13(9)21(19,20)16-7-11-6-15-18(3)8-11/h4-6,8,16-17H,7,14H2,1-3H3. The van der Waals surface area contributed by atoms with Gasteiger partial charge in [-0.15, -0.1) is 0 Å². The average molecular weight is 309 g/mol. The number of anilines is 1. The SMILES string of the molecule is Cc1cc(NN)cc(C)c1S(=O)(=O)NCc1cnn(C)c1. The monoisotopic (exact) mass is 309 g/mol. The number of hydrazine groups is 1. The number of hydrogen-bond donors (Lipinski definition) is 3. The zero-order chi connectivity index (χ0) is 15.6. The number of nitrogen functional groups attached to an aromatic ring is 1. The first-order valence-electron chi connectivity index (χ1n) is 6.38. The number of sulfonamides is 1. The molecule has 0 aliphatic carbocycles. The normalized spacial score (nSPS) is 11.6. The molecule has 0 saturated carbocycles. The van der Waals surface area contributed by atoms with E-state index in [1.807, 2.05) is 0 Å². The average Bonchev–Trinajstić information content (AvgIpc) is 2.81. The van der Waals surface area contributed by atoms with Crippen LogP contribution in [0.2, 0.25) is 0 Å². The maximum atomic E-state index is 12.5. The summed E-state index contributed by atoms with van der Waals surface area (Å²) in [5.41, 5.74) is 5.28. The summed E-state index contributed by atoms with van der Waals surface area (Å²) in [5, 5.41) is 4.01. The predicted molar refractivity (Wildman–Crippen MR) is 81.0 cm³/mol. The minimum absolute atomic E-state index is 0.200. The van der Waals surface area contributed by atoms with E-state index in [1.165, 1.54) is 0 Å². The van der Waals surface area contributed by atoms with Gasteiger partial charge in [0.1, 0.15) is 0 Å². The van der Waals surface area contributed by atoms with Crippen LogP contribution in [-0.4, -0.2) is 18.2 Å². The van der Waals surface area contributed by atoms with Crippen molar-refractivity contribution in [2.24, 2.45) is 12.9 Å². The van der Waals surface area contributed by atoms with Crippen molar-refractivity contribution in [3.8, 4) is 0 Å². The number of aryl methyl sites for hydroxylation is 3. The summed E-state index contributed by atoms with van der Waals surface area (Å²) in [4.78, 5) is 0.283. The summed E-state index contributed by atoms with van der Waals surface area (Å²) in [6.07, 6.45) is 3.40. The molecule has 7 nitrogen and oxygen atoms in total. The fraction of sp³-hybridized carbons (Fsp3) is 0.308. The zero-order valence-corrected chi connectivity index (χ0v) is 13.0. The summed E-state index contributed by atoms with van der Waals surface area (Å²) in [6, 6.07) is 3.40. The molecule has 1 heterocycles. The summed E-state index contributed by atoms with van der Waals surface area (Å²) in [6.45, 7) is 3.69. The molecule has 0 bridgehead atoms. The summed E-state index contributed by atoms with van der Waals surface area (Å²) >= 11 is 0. The van der Waals surface area contributed by atoms with Crippen LogP contribution in [0.3, 0.4) is 0 Å². The van der Waals surface area contributed by atoms with Gasteiger partial charge < -0.3 is 5.43 Å². The molecule has 21 heavy (non-hydrogen) atoms. The number of hydrogen-bond acceptors (Lipinski definition) is 5. The minimum atomic E-state index is -3.59. The van der Waals surface area contributed by atoms with E-state index < -0.39 is 10.0 Å². The van der Waals surface area contributed by atoms with E-state index in [0.29, 0.717) is 16.8 Å². The Bertz CT molecular complexity index is 729. The fourth-order valence-electron chi connectivity index (χ4n) is 2.27. The van der Waals surface area contributed by atoms with Crippen molar-refractivity contribution in [2.45, 2.75) is 25.3 Å². The maximum absolute atomic E-state index is 12.5. The lowest BCUT2D eigenvalue weighted by atomic mass is 10.1. The van der Waals surface area contributed by atoms with E-state index >= 15 is 0 Å². The number of rotatable bonds is 5. The molecule has 0 radical (unpaired) electrons. The highest BCUT2D eigenvalue weighted by atomic mass is 32.2. The second-order valence-corrected chi connectivity index (χ2v) is 6.63. The van der Waals surface area contributed by atoms with E-state index in [1.54, 1.807) is 50.1 Å². The van der Waals surface area contributed by atoms with Crippen LogP contribution < -0.4 is 16.0 Å². The molecule has 8 heteroatoms. The van der Waals surface area contributed by atoms with Crippen molar-refractivity contribution in [3.63, 3.8) is 0 Å². The van der Waals surface area contributed by atoms with Crippen molar-refractivity contribution in [2.75, 3.05) is 5.43 Å². The highest BCUT2D eigenvalue weighted by Crippen LogP contribution is 2.24. The van der Waals surface area contributed by atoms with Gasteiger partial charge >= 0.3 is 0 Å². The first kappa shape index (κ1) is 15.5. The lowest BCUT2D eigenvalue weighted by molar-refractivity contribution is 0.580. The molecule has 1 aromatic heterocycles. The van der Waals surface area contributed by atoms with Gasteiger partial charge in [-0.3, -0.25) is 10.5 Å². The van der Waals surface area contributed by atoms with Crippen LogP contribution in [-0.2, 0) is 23.6 Å². The zero-order valence-electron chi connectivity index (χ0n) is 12.2. The smallest absolute Gasteiger partial charge is 0.241 e. The van der Waals surface area contributed by atoms with Gasteiger partial charge in [-0.2, -0.15) is 5.10 Å². The highest BCUT2D eigenvalue weighted by molar-refractivity contribution is 7.89. The number of nitrogens with two attached hydrogens (primary N) is 1. The third kappa shape index (κ3) is 3.41. The molecule has 0 spiro atoms. The Hall–Kier alpha value is -1.90.